The van der Waals surface area contributed by atoms with Crippen LogP contribution in [0.25, 0.3) is 0 Å². The average Bonchev–Trinajstić information content (AvgIpc) is 2.30. The molecule has 0 bridgehead atoms. The van der Waals surface area contributed by atoms with Crippen LogP contribution in [0.2, 0.25) is 0 Å². The topological polar surface area (TPSA) is 96.0 Å². The third-order valence-corrected chi connectivity index (χ3v) is 3.77. The summed E-state index contributed by atoms with van der Waals surface area (Å²) >= 11 is 0. The van der Waals surface area contributed by atoms with E-state index in [4.69, 9.17) is 11.0 Å². The van der Waals surface area contributed by atoms with Crippen molar-refractivity contribution in [2.45, 2.75) is 17.7 Å². The first-order valence-electron chi connectivity index (χ1n) is 5.26. The number of nitrogens with zero attached hydrogens (tertiary/aromatic N) is 1. The maximum absolute atomic E-state index is 11.9. The molecule has 0 aliphatic heterocycles. The van der Waals surface area contributed by atoms with Crippen LogP contribution >= 0.6 is 0 Å². The van der Waals surface area contributed by atoms with E-state index in [2.05, 4.69) is 4.72 Å². The van der Waals surface area contributed by atoms with E-state index in [-0.39, 0.29) is 11.3 Å². The Morgan fingerprint density at radius 1 is 1.35 bits per heavy atom. The molecule has 5 nitrogen and oxygen atoms in total. The lowest BCUT2D eigenvalue weighted by molar-refractivity contribution is 0.578. The normalized spacial score (nSPS) is 11.1. The van der Waals surface area contributed by atoms with Gasteiger partial charge in [-0.2, -0.15) is 5.26 Å². The van der Waals surface area contributed by atoms with E-state index in [0.717, 1.165) is 0 Å². The molecular weight excluding hydrogens is 238 g/mol. The van der Waals surface area contributed by atoms with Crippen molar-refractivity contribution in [3.05, 3.63) is 29.8 Å². The zero-order valence-electron chi connectivity index (χ0n) is 9.39. The number of nitrogens with one attached hydrogen (secondary N) is 1. The number of hydrogen-bond acceptors (Lipinski definition) is 4. The van der Waals surface area contributed by atoms with E-state index in [1.165, 1.54) is 6.07 Å². The molecule has 0 aromatic heterocycles. The molecule has 0 spiro atoms. The molecule has 1 aromatic rings. The molecule has 6 heteroatoms. The molecule has 92 valence electrons. The van der Waals surface area contributed by atoms with Crippen LogP contribution in [0.5, 0.6) is 0 Å². The molecule has 3 N–H and O–H groups in total. The van der Waals surface area contributed by atoms with Crippen LogP contribution in [0.4, 0.5) is 0 Å². The maximum atomic E-state index is 11.9. The van der Waals surface area contributed by atoms with Crippen LogP contribution < -0.4 is 10.5 Å². The van der Waals surface area contributed by atoms with E-state index in [9.17, 15) is 8.42 Å². The Bertz CT molecular complexity index is 506. The molecule has 0 aliphatic rings. The fraction of sp³-hybridized carbons (Fsp3) is 0.364. The van der Waals surface area contributed by atoms with Crippen molar-refractivity contribution in [2.24, 2.45) is 5.73 Å². The molecule has 0 saturated carbocycles. The summed E-state index contributed by atoms with van der Waals surface area (Å²) in [5.74, 6) is 0. The van der Waals surface area contributed by atoms with Gasteiger partial charge in [0.05, 0.1) is 17.4 Å². The van der Waals surface area contributed by atoms with Crippen LogP contribution in [0.3, 0.4) is 0 Å². The first-order valence-corrected chi connectivity index (χ1v) is 6.74. The minimum atomic E-state index is -3.54. The van der Waals surface area contributed by atoms with Gasteiger partial charge in [-0.3, -0.25) is 0 Å². The number of rotatable bonds is 6. The standard InChI is InChI=1S/C11H15N3O2S/c12-7-3-9-14-17(15,16)11-5-2-1-4-10(11)6-8-13/h1-2,4-5,14H,3,6-7,9,12H2. The SMILES string of the molecule is N#CCc1ccccc1S(=O)(=O)NCCCN. The number of benzene rings is 1. The van der Waals surface area contributed by atoms with Gasteiger partial charge in [-0.15, -0.1) is 0 Å². The number of nitrogens with two attached hydrogens (primary N) is 1. The van der Waals surface area contributed by atoms with Crippen LogP contribution in [-0.4, -0.2) is 21.5 Å². The largest absolute Gasteiger partial charge is 0.330 e. The van der Waals surface area contributed by atoms with Gasteiger partial charge in [-0.25, -0.2) is 13.1 Å². The van der Waals surface area contributed by atoms with Crippen molar-refractivity contribution in [3.8, 4) is 6.07 Å². The van der Waals surface area contributed by atoms with E-state index < -0.39 is 10.0 Å². The predicted octanol–water partition coefficient (Wildman–Crippen LogP) is 0.380. The zero-order valence-corrected chi connectivity index (χ0v) is 10.2. The third kappa shape index (κ3) is 3.82. The lowest BCUT2D eigenvalue weighted by Crippen LogP contribution is -2.27. The molecule has 1 aromatic carbocycles. The molecule has 0 amide bonds. The summed E-state index contributed by atoms with van der Waals surface area (Å²) in [7, 11) is -3.54. The van der Waals surface area contributed by atoms with Gasteiger partial charge in [0.25, 0.3) is 0 Å². The smallest absolute Gasteiger partial charge is 0.240 e. The second kappa shape index (κ2) is 6.35. The van der Waals surface area contributed by atoms with Crippen molar-refractivity contribution in [2.75, 3.05) is 13.1 Å². The Kier molecular flexibility index (Phi) is 5.10. The van der Waals surface area contributed by atoms with Crippen LogP contribution in [0, 0.1) is 11.3 Å². The summed E-state index contributed by atoms with van der Waals surface area (Å²) in [5, 5.41) is 8.64. The van der Waals surface area contributed by atoms with Crippen molar-refractivity contribution in [1.29, 1.82) is 5.26 Å². The van der Waals surface area contributed by atoms with Gasteiger partial charge < -0.3 is 5.73 Å². The quantitative estimate of drug-likeness (QED) is 0.716. The highest BCUT2D eigenvalue weighted by Crippen LogP contribution is 2.15. The molecule has 0 atom stereocenters. The van der Waals surface area contributed by atoms with E-state index in [1.54, 1.807) is 18.2 Å². The van der Waals surface area contributed by atoms with Gasteiger partial charge in [0, 0.05) is 6.54 Å². The molecular formula is C11H15N3O2S. The summed E-state index contributed by atoms with van der Waals surface area (Å²) in [6.45, 7) is 0.738. The molecule has 0 saturated heterocycles. The second-order valence-electron chi connectivity index (χ2n) is 3.48. The highest BCUT2D eigenvalue weighted by molar-refractivity contribution is 7.89. The van der Waals surface area contributed by atoms with Crippen molar-refractivity contribution >= 4 is 10.0 Å². The lowest BCUT2D eigenvalue weighted by Gasteiger charge is -2.09. The highest BCUT2D eigenvalue weighted by atomic mass is 32.2. The van der Waals surface area contributed by atoms with Crippen LogP contribution in [0.1, 0.15) is 12.0 Å². The summed E-state index contributed by atoms with van der Waals surface area (Å²) in [6.07, 6.45) is 0.660. The Morgan fingerprint density at radius 2 is 2.06 bits per heavy atom. The average molecular weight is 253 g/mol. The molecule has 1 rings (SSSR count). The molecule has 17 heavy (non-hydrogen) atoms. The fourth-order valence-corrected chi connectivity index (χ4v) is 2.70. The fourth-order valence-electron chi connectivity index (χ4n) is 1.38. The Hall–Kier alpha value is -1.42. The van der Waals surface area contributed by atoms with Crippen molar-refractivity contribution in [1.82, 2.24) is 4.72 Å². The van der Waals surface area contributed by atoms with E-state index in [0.29, 0.717) is 25.1 Å². The first-order chi connectivity index (χ1) is 8.11. The Balaban J connectivity index is 2.94. The Labute approximate surface area is 101 Å². The molecule has 0 aliphatic carbocycles. The predicted molar refractivity (Wildman–Crippen MR) is 64.6 cm³/mol. The maximum Gasteiger partial charge on any atom is 0.240 e. The summed E-state index contributed by atoms with van der Waals surface area (Å²) < 4.78 is 26.3. The zero-order chi connectivity index (χ0) is 12.7. The van der Waals surface area contributed by atoms with Gasteiger partial charge in [0.2, 0.25) is 10.0 Å². The highest BCUT2D eigenvalue weighted by Gasteiger charge is 2.16. The van der Waals surface area contributed by atoms with E-state index >= 15 is 0 Å². The third-order valence-electron chi connectivity index (χ3n) is 2.20. The van der Waals surface area contributed by atoms with Crippen molar-refractivity contribution in [3.63, 3.8) is 0 Å². The summed E-state index contributed by atoms with van der Waals surface area (Å²) in [4.78, 5) is 0.165. The summed E-state index contributed by atoms with van der Waals surface area (Å²) in [6, 6.07) is 8.44. The molecule has 0 radical (unpaired) electrons. The second-order valence-corrected chi connectivity index (χ2v) is 5.22. The van der Waals surface area contributed by atoms with Gasteiger partial charge in [-0.05, 0) is 24.6 Å². The van der Waals surface area contributed by atoms with Crippen molar-refractivity contribution < 1.29 is 8.42 Å². The molecule has 0 heterocycles. The summed E-state index contributed by atoms with van der Waals surface area (Å²) in [5.41, 5.74) is 5.81. The van der Waals surface area contributed by atoms with Gasteiger partial charge >= 0.3 is 0 Å². The first kappa shape index (κ1) is 13.6. The Morgan fingerprint density at radius 3 is 2.71 bits per heavy atom. The van der Waals surface area contributed by atoms with Crippen LogP contribution in [0.15, 0.2) is 29.2 Å². The monoisotopic (exact) mass is 253 g/mol. The minimum Gasteiger partial charge on any atom is -0.330 e. The number of nitriles is 1. The van der Waals surface area contributed by atoms with E-state index in [1.807, 2.05) is 6.07 Å². The minimum absolute atomic E-state index is 0.0774. The molecule has 0 unspecified atom stereocenters. The number of hydrogen-bond donors (Lipinski definition) is 2. The molecule has 0 fully saturated rings. The lowest BCUT2D eigenvalue weighted by atomic mass is 10.2. The van der Waals surface area contributed by atoms with Gasteiger partial charge in [0.15, 0.2) is 0 Å². The van der Waals surface area contributed by atoms with Gasteiger partial charge in [0.1, 0.15) is 0 Å². The van der Waals surface area contributed by atoms with Gasteiger partial charge in [-0.1, -0.05) is 18.2 Å². The van der Waals surface area contributed by atoms with Crippen LogP contribution in [-0.2, 0) is 16.4 Å². The number of sulfonamides is 1.